The third-order valence-corrected chi connectivity index (χ3v) is 2.48. The van der Waals surface area contributed by atoms with Gasteiger partial charge < -0.3 is 15.0 Å². The zero-order valence-corrected chi connectivity index (χ0v) is 8.38. The molecule has 1 saturated heterocycles. The molecule has 0 radical (unpaired) electrons. The van der Waals surface area contributed by atoms with Crippen molar-refractivity contribution in [3.05, 3.63) is 21.7 Å². The number of halogens is 1. The fourth-order valence-corrected chi connectivity index (χ4v) is 1.74. The Labute approximate surface area is 85.3 Å². The predicted octanol–water partition coefficient (Wildman–Crippen LogP) is -0.00570. The second-order valence-electron chi connectivity index (χ2n) is 3.72. The van der Waals surface area contributed by atoms with Crippen LogP contribution in [0.15, 0.2) is 11.1 Å². The van der Waals surface area contributed by atoms with Crippen LogP contribution in [0.5, 0.6) is 0 Å². The van der Waals surface area contributed by atoms with Crippen LogP contribution >= 0.6 is 11.6 Å². The summed E-state index contributed by atoms with van der Waals surface area (Å²) in [6.45, 7) is 2.62. The van der Waals surface area contributed by atoms with E-state index in [1.807, 2.05) is 0 Å². The third-order valence-electron chi connectivity index (χ3n) is 2.14. The van der Waals surface area contributed by atoms with E-state index >= 15 is 0 Å². The molecule has 0 aromatic carbocycles. The Morgan fingerprint density at radius 2 is 2.36 bits per heavy atom. The SMILES string of the molecule is CC1(O)CN(c2nc[nH]c(=O)c2Cl)C1. The van der Waals surface area contributed by atoms with Crippen LogP contribution in [-0.2, 0) is 0 Å². The number of nitrogens with one attached hydrogen (secondary N) is 1. The summed E-state index contributed by atoms with van der Waals surface area (Å²) in [5.41, 5.74) is -1.06. The molecule has 14 heavy (non-hydrogen) atoms. The maximum Gasteiger partial charge on any atom is 0.271 e. The molecule has 2 N–H and O–H groups in total. The average Bonchev–Trinajstić information content (AvgIpc) is 2.06. The van der Waals surface area contributed by atoms with E-state index in [4.69, 9.17) is 11.6 Å². The van der Waals surface area contributed by atoms with Crippen molar-refractivity contribution in [2.75, 3.05) is 18.0 Å². The molecular weight excluding hydrogens is 206 g/mol. The van der Waals surface area contributed by atoms with E-state index in [2.05, 4.69) is 9.97 Å². The van der Waals surface area contributed by atoms with Crippen molar-refractivity contribution in [1.29, 1.82) is 0 Å². The highest BCUT2D eigenvalue weighted by atomic mass is 35.5. The normalized spacial score (nSPS) is 19.2. The molecule has 2 heterocycles. The lowest BCUT2D eigenvalue weighted by molar-refractivity contribution is 0.0305. The Kier molecular flexibility index (Phi) is 2.01. The largest absolute Gasteiger partial charge is 0.386 e. The highest BCUT2D eigenvalue weighted by molar-refractivity contribution is 6.32. The number of nitrogens with zero attached hydrogens (tertiary/aromatic N) is 2. The molecule has 5 nitrogen and oxygen atoms in total. The molecule has 6 heteroatoms. The van der Waals surface area contributed by atoms with Crippen LogP contribution in [0.4, 0.5) is 5.82 Å². The molecule has 0 bridgehead atoms. The molecule has 1 aromatic rings. The summed E-state index contributed by atoms with van der Waals surface area (Å²) in [5, 5.41) is 9.58. The Balaban J connectivity index is 2.27. The Bertz CT molecular complexity index is 407. The number of aromatic amines is 1. The topological polar surface area (TPSA) is 69.2 Å². The number of rotatable bonds is 1. The van der Waals surface area contributed by atoms with E-state index in [0.717, 1.165) is 0 Å². The van der Waals surface area contributed by atoms with Crippen molar-refractivity contribution >= 4 is 17.4 Å². The zero-order chi connectivity index (χ0) is 10.3. The van der Waals surface area contributed by atoms with E-state index in [-0.39, 0.29) is 10.6 Å². The first-order valence-electron chi connectivity index (χ1n) is 4.20. The van der Waals surface area contributed by atoms with Crippen molar-refractivity contribution in [3.63, 3.8) is 0 Å². The van der Waals surface area contributed by atoms with E-state index in [9.17, 15) is 9.90 Å². The van der Waals surface area contributed by atoms with Crippen molar-refractivity contribution in [2.24, 2.45) is 0 Å². The van der Waals surface area contributed by atoms with E-state index in [1.54, 1.807) is 11.8 Å². The third kappa shape index (κ3) is 1.49. The minimum atomic E-state index is -0.701. The van der Waals surface area contributed by atoms with Crippen LogP contribution in [0.2, 0.25) is 5.02 Å². The molecule has 1 aliphatic rings. The van der Waals surface area contributed by atoms with Gasteiger partial charge in [0, 0.05) is 13.1 Å². The standard InChI is InChI=1S/C8H10ClN3O2/c1-8(14)2-12(3-8)6-5(9)7(13)11-4-10-6/h4,14H,2-3H2,1H3,(H,10,11,13). The minimum Gasteiger partial charge on any atom is -0.386 e. The van der Waals surface area contributed by atoms with E-state index < -0.39 is 5.60 Å². The summed E-state index contributed by atoms with van der Waals surface area (Å²) in [6, 6.07) is 0. The van der Waals surface area contributed by atoms with Crippen LogP contribution < -0.4 is 10.5 Å². The number of hydrogen-bond donors (Lipinski definition) is 2. The molecule has 0 spiro atoms. The predicted molar refractivity (Wildman–Crippen MR) is 52.7 cm³/mol. The van der Waals surface area contributed by atoms with Gasteiger partial charge in [0.25, 0.3) is 5.56 Å². The lowest BCUT2D eigenvalue weighted by Gasteiger charge is -2.44. The first kappa shape index (κ1) is 9.48. The van der Waals surface area contributed by atoms with Gasteiger partial charge in [0.1, 0.15) is 5.02 Å². The molecule has 0 saturated carbocycles. The van der Waals surface area contributed by atoms with Crippen LogP contribution in [0, 0.1) is 0 Å². The van der Waals surface area contributed by atoms with Gasteiger partial charge in [-0.1, -0.05) is 11.6 Å². The number of aliphatic hydroxyl groups is 1. The van der Waals surface area contributed by atoms with Crippen molar-refractivity contribution < 1.29 is 5.11 Å². The van der Waals surface area contributed by atoms with Crippen LogP contribution in [0.3, 0.4) is 0 Å². The van der Waals surface area contributed by atoms with Gasteiger partial charge in [-0.25, -0.2) is 4.98 Å². The number of β-amino-alcohol motifs (C(OH)–C–C–N with tert-alkyl or cyclic N) is 1. The Hall–Kier alpha value is -1.07. The van der Waals surface area contributed by atoms with Crippen LogP contribution in [0.1, 0.15) is 6.92 Å². The van der Waals surface area contributed by atoms with Crippen molar-refractivity contribution in [1.82, 2.24) is 9.97 Å². The van der Waals surface area contributed by atoms with Gasteiger partial charge >= 0.3 is 0 Å². The van der Waals surface area contributed by atoms with Gasteiger partial charge in [0.15, 0.2) is 5.82 Å². The van der Waals surface area contributed by atoms with Gasteiger partial charge in [-0.15, -0.1) is 0 Å². The van der Waals surface area contributed by atoms with E-state index in [1.165, 1.54) is 6.33 Å². The fraction of sp³-hybridized carbons (Fsp3) is 0.500. The lowest BCUT2D eigenvalue weighted by atomic mass is 9.97. The highest BCUT2D eigenvalue weighted by Gasteiger charge is 2.38. The molecule has 76 valence electrons. The van der Waals surface area contributed by atoms with Crippen molar-refractivity contribution in [2.45, 2.75) is 12.5 Å². The molecule has 1 aromatic heterocycles. The first-order chi connectivity index (χ1) is 6.49. The Morgan fingerprint density at radius 3 is 2.93 bits per heavy atom. The number of hydrogen-bond acceptors (Lipinski definition) is 4. The minimum absolute atomic E-state index is 0.0722. The smallest absolute Gasteiger partial charge is 0.271 e. The van der Waals surface area contributed by atoms with Gasteiger partial charge in [-0.2, -0.15) is 0 Å². The van der Waals surface area contributed by atoms with Gasteiger partial charge in [0.05, 0.1) is 11.9 Å². The average molecular weight is 216 g/mol. The second kappa shape index (κ2) is 2.96. The summed E-state index contributed by atoms with van der Waals surface area (Å²) in [7, 11) is 0. The summed E-state index contributed by atoms with van der Waals surface area (Å²) in [4.78, 5) is 19.2. The fourth-order valence-electron chi connectivity index (χ4n) is 1.52. The molecular formula is C8H10ClN3O2. The van der Waals surface area contributed by atoms with Crippen LogP contribution in [-0.4, -0.2) is 33.8 Å². The molecule has 2 rings (SSSR count). The molecule has 0 aliphatic carbocycles. The molecule has 0 amide bonds. The summed E-state index contributed by atoms with van der Waals surface area (Å²) < 4.78 is 0. The second-order valence-corrected chi connectivity index (χ2v) is 4.10. The summed E-state index contributed by atoms with van der Waals surface area (Å²) in [6.07, 6.45) is 1.30. The summed E-state index contributed by atoms with van der Waals surface area (Å²) >= 11 is 5.76. The van der Waals surface area contributed by atoms with Gasteiger partial charge in [-0.3, -0.25) is 4.79 Å². The van der Waals surface area contributed by atoms with Gasteiger partial charge in [0.2, 0.25) is 0 Å². The quantitative estimate of drug-likeness (QED) is 0.692. The van der Waals surface area contributed by atoms with Gasteiger partial charge in [-0.05, 0) is 6.92 Å². The monoisotopic (exact) mass is 215 g/mol. The molecule has 1 aliphatic heterocycles. The van der Waals surface area contributed by atoms with Crippen molar-refractivity contribution in [3.8, 4) is 0 Å². The lowest BCUT2D eigenvalue weighted by Crippen LogP contribution is -2.60. The van der Waals surface area contributed by atoms with Crippen LogP contribution in [0.25, 0.3) is 0 Å². The molecule has 0 unspecified atom stereocenters. The number of H-pyrrole nitrogens is 1. The summed E-state index contributed by atoms with van der Waals surface area (Å²) in [5.74, 6) is 0.432. The molecule has 1 fully saturated rings. The number of anilines is 1. The Morgan fingerprint density at radius 1 is 1.71 bits per heavy atom. The maximum atomic E-state index is 11.1. The number of aromatic nitrogens is 2. The zero-order valence-electron chi connectivity index (χ0n) is 7.62. The highest BCUT2D eigenvalue weighted by Crippen LogP contribution is 2.28. The van der Waals surface area contributed by atoms with E-state index in [0.29, 0.717) is 18.9 Å². The molecule has 0 atom stereocenters. The maximum absolute atomic E-state index is 11.1. The first-order valence-corrected chi connectivity index (χ1v) is 4.58.